The summed E-state index contributed by atoms with van der Waals surface area (Å²) in [4.78, 5) is 15.9. The molecule has 0 aliphatic carbocycles. The summed E-state index contributed by atoms with van der Waals surface area (Å²) in [5.41, 5.74) is 1.21. The lowest BCUT2D eigenvalue weighted by Gasteiger charge is -2.11. The van der Waals surface area contributed by atoms with Crippen LogP contribution in [0.2, 0.25) is 0 Å². The van der Waals surface area contributed by atoms with Crippen molar-refractivity contribution in [2.24, 2.45) is 4.99 Å². The van der Waals surface area contributed by atoms with Gasteiger partial charge in [0.25, 0.3) is 0 Å². The molecule has 0 spiro atoms. The van der Waals surface area contributed by atoms with Crippen LogP contribution in [0.4, 0.5) is 0 Å². The van der Waals surface area contributed by atoms with Crippen LogP contribution in [0.15, 0.2) is 58.1 Å². The molecule has 3 N–H and O–H groups in total. The highest BCUT2D eigenvalue weighted by Gasteiger charge is 2.03. The number of nitrogens with zero attached hydrogens (tertiary/aromatic N) is 1. The third kappa shape index (κ3) is 6.56. The molecule has 0 radical (unpaired) electrons. The van der Waals surface area contributed by atoms with Gasteiger partial charge in [-0.2, -0.15) is 0 Å². The van der Waals surface area contributed by atoms with Gasteiger partial charge in [0.05, 0.1) is 12.8 Å². The van der Waals surface area contributed by atoms with Crippen molar-refractivity contribution >= 4 is 11.9 Å². The van der Waals surface area contributed by atoms with E-state index in [1.165, 1.54) is 5.56 Å². The van der Waals surface area contributed by atoms with Gasteiger partial charge >= 0.3 is 0 Å². The van der Waals surface area contributed by atoms with Gasteiger partial charge in [-0.3, -0.25) is 9.79 Å². The molecule has 0 fully saturated rings. The minimum Gasteiger partial charge on any atom is -0.469 e. The van der Waals surface area contributed by atoms with Crippen LogP contribution in [0.3, 0.4) is 0 Å². The van der Waals surface area contributed by atoms with E-state index in [1.807, 2.05) is 30.3 Å². The van der Waals surface area contributed by atoms with E-state index < -0.39 is 0 Å². The van der Waals surface area contributed by atoms with E-state index in [9.17, 15) is 4.79 Å². The molecule has 2 rings (SSSR count). The first kappa shape index (κ1) is 17.6. The van der Waals surface area contributed by atoms with Crippen molar-refractivity contribution in [1.82, 2.24) is 16.0 Å². The van der Waals surface area contributed by atoms with Crippen molar-refractivity contribution in [3.63, 3.8) is 0 Å². The monoisotopic (exact) mass is 328 g/mol. The maximum Gasteiger partial charge on any atom is 0.239 e. The maximum atomic E-state index is 11.8. The van der Waals surface area contributed by atoms with Crippen molar-refractivity contribution in [2.45, 2.75) is 12.8 Å². The smallest absolute Gasteiger partial charge is 0.239 e. The molecule has 0 aliphatic rings. The Morgan fingerprint density at radius 1 is 1.00 bits per heavy atom. The molecule has 0 saturated carbocycles. The summed E-state index contributed by atoms with van der Waals surface area (Å²) < 4.78 is 5.26. The van der Waals surface area contributed by atoms with Crippen molar-refractivity contribution in [3.05, 3.63) is 60.1 Å². The average molecular weight is 328 g/mol. The van der Waals surface area contributed by atoms with E-state index in [-0.39, 0.29) is 12.5 Å². The maximum absolute atomic E-state index is 11.8. The van der Waals surface area contributed by atoms with Gasteiger partial charge in [-0.25, -0.2) is 0 Å². The number of rotatable bonds is 8. The highest BCUT2D eigenvalue weighted by molar-refractivity contribution is 5.86. The number of carbonyl (C=O) groups excluding carboxylic acids is 1. The Balaban J connectivity index is 1.58. The molecular weight excluding hydrogens is 304 g/mol. The van der Waals surface area contributed by atoms with E-state index >= 15 is 0 Å². The largest absolute Gasteiger partial charge is 0.469 e. The van der Waals surface area contributed by atoms with Crippen LogP contribution >= 0.6 is 0 Å². The molecule has 0 aliphatic heterocycles. The van der Waals surface area contributed by atoms with Gasteiger partial charge in [-0.1, -0.05) is 30.3 Å². The summed E-state index contributed by atoms with van der Waals surface area (Å²) >= 11 is 0. The molecule has 0 atom stereocenters. The number of aliphatic imine (C=N–C) groups is 1. The standard InChI is InChI=1S/C18H24N4O2/c1-19-18(21-12-10-16-8-5-13-24-16)22-14-17(23)20-11-9-15-6-3-2-4-7-15/h2-8,13H,9-12,14H2,1H3,(H,20,23)(H2,19,21,22). The number of amides is 1. The van der Waals surface area contributed by atoms with E-state index in [1.54, 1.807) is 13.3 Å². The zero-order valence-corrected chi connectivity index (χ0v) is 13.9. The third-order valence-corrected chi connectivity index (χ3v) is 3.46. The molecule has 0 saturated heterocycles. The fourth-order valence-electron chi connectivity index (χ4n) is 2.20. The number of furan rings is 1. The molecule has 1 aromatic carbocycles. The molecule has 0 bridgehead atoms. The predicted octanol–water partition coefficient (Wildman–Crippen LogP) is 1.35. The minimum absolute atomic E-state index is 0.0556. The minimum atomic E-state index is -0.0556. The van der Waals surface area contributed by atoms with Crippen molar-refractivity contribution < 1.29 is 9.21 Å². The van der Waals surface area contributed by atoms with E-state index in [4.69, 9.17) is 4.42 Å². The lowest BCUT2D eigenvalue weighted by molar-refractivity contribution is -0.119. The Labute approximate surface area is 142 Å². The fraction of sp³-hybridized carbons (Fsp3) is 0.333. The second kappa shape index (κ2) is 10.1. The summed E-state index contributed by atoms with van der Waals surface area (Å²) in [6, 6.07) is 13.9. The molecule has 128 valence electrons. The number of hydrogen-bond acceptors (Lipinski definition) is 3. The number of benzene rings is 1. The second-order valence-corrected chi connectivity index (χ2v) is 5.27. The van der Waals surface area contributed by atoms with Crippen LogP contribution in [-0.4, -0.2) is 38.5 Å². The van der Waals surface area contributed by atoms with Gasteiger partial charge in [-0.15, -0.1) is 0 Å². The van der Waals surface area contributed by atoms with Crippen molar-refractivity contribution in [1.29, 1.82) is 0 Å². The van der Waals surface area contributed by atoms with E-state index in [2.05, 4.69) is 33.1 Å². The number of hydrogen-bond donors (Lipinski definition) is 3. The number of carbonyl (C=O) groups is 1. The molecule has 1 heterocycles. The molecule has 0 unspecified atom stereocenters. The number of nitrogens with one attached hydrogen (secondary N) is 3. The second-order valence-electron chi connectivity index (χ2n) is 5.27. The molecule has 1 aromatic heterocycles. The van der Waals surface area contributed by atoms with Crippen LogP contribution in [0.25, 0.3) is 0 Å². The van der Waals surface area contributed by atoms with Gasteiger partial charge in [0, 0.05) is 26.6 Å². The highest BCUT2D eigenvalue weighted by atomic mass is 16.3. The zero-order chi connectivity index (χ0) is 17.0. The van der Waals surface area contributed by atoms with Crippen LogP contribution in [-0.2, 0) is 17.6 Å². The topological polar surface area (TPSA) is 78.7 Å². The van der Waals surface area contributed by atoms with Gasteiger partial charge in [0.1, 0.15) is 5.76 Å². The van der Waals surface area contributed by atoms with Gasteiger partial charge < -0.3 is 20.4 Å². The Hall–Kier alpha value is -2.76. The normalized spacial score (nSPS) is 11.1. The SMILES string of the molecule is CN=C(NCCc1ccco1)NCC(=O)NCCc1ccccc1. The Kier molecular flexibility index (Phi) is 7.40. The first-order valence-electron chi connectivity index (χ1n) is 8.05. The first-order valence-corrected chi connectivity index (χ1v) is 8.05. The van der Waals surface area contributed by atoms with E-state index in [0.29, 0.717) is 19.0 Å². The molecule has 6 nitrogen and oxygen atoms in total. The summed E-state index contributed by atoms with van der Waals surface area (Å²) in [6.07, 6.45) is 3.24. The Bertz CT molecular complexity index is 624. The highest BCUT2D eigenvalue weighted by Crippen LogP contribution is 1.99. The average Bonchev–Trinajstić information content (AvgIpc) is 3.12. The summed E-state index contributed by atoms with van der Waals surface area (Å²) in [5, 5.41) is 9.03. The summed E-state index contributed by atoms with van der Waals surface area (Å²) in [7, 11) is 1.68. The summed E-state index contributed by atoms with van der Waals surface area (Å²) in [6.45, 7) is 1.49. The van der Waals surface area contributed by atoms with Gasteiger partial charge in [0.15, 0.2) is 5.96 Å². The fourth-order valence-corrected chi connectivity index (χ4v) is 2.20. The lowest BCUT2D eigenvalue weighted by atomic mass is 10.1. The van der Waals surface area contributed by atoms with Crippen molar-refractivity contribution in [2.75, 3.05) is 26.7 Å². The third-order valence-electron chi connectivity index (χ3n) is 3.46. The van der Waals surface area contributed by atoms with Crippen LogP contribution in [0.1, 0.15) is 11.3 Å². The Morgan fingerprint density at radius 2 is 1.79 bits per heavy atom. The molecule has 2 aromatic rings. The van der Waals surface area contributed by atoms with Crippen LogP contribution < -0.4 is 16.0 Å². The predicted molar refractivity (Wildman–Crippen MR) is 94.9 cm³/mol. The lowest BCUT2D eigenvalue weighted by Crippen LogP contribution is -2.44. The van der Waals surface area contributed by atoms with Gasteiger partial charge in [0.2, 0.25) is 5.91 Å². The molecule has 6 heteroatoms. The molecular formula is C18H24N4O2. The van der Waals surface area contributed by atoms with E-state index in [0.717, 1.165) is 18.6 Å². The quantitative estimate of drug-likeness (QED) is 0.505. The van der Waals surface area contributed by atoms with Gasteiger partial charge in [-0.05, 0) is 24.1 Å². The molecule has 24 heavy (non-hydrogen) atoms. The molecule has 1 amide bonds. The first-order chi connectivity index (χ1) is 11.8. The number of guanidine groups is 1. The summed E-state index contributed by atoms with van der Waals surface area (Å²) in [5.74, 6) is 1.45. The van der Waals surface area contributed by atoms with Crippen LogP contribution in [0, 0.1) is 0 Å². The Morgan fingerprint density at radius 3 is 2.50 bits per heavy atom. The van der Waals surface area contributed by atoms with Crippen LogP contribution in [0.5, 0.6) is 0 Å². The zero-order valence-electron chi connectivity index (χ0n) is 13.9. The van der Waals surface area contributed by atoms with Crippen molar-refractivity contribution in [3.8, 4) is 0 Å².